The number of nitrogens with one attached hydrogen (secondary N) is 2. The van der Waals surface area contributed by atoms with Gasteiger partial charge in [0.2, 0.25) is 5.57 Å². The van der Waals surface area contributed by atoms with Gasteiger partial charge < -0.3 is 34.8 Å². The Kier molecular flexibility index (Phi) is 4.22. The summed E-state index contributed by atoms with van der Waals surface area (Å²) >= 11 is 5.10. The van der Waals surface area contributed by atoms with Crippen LogP contribution >= 0.6 is 19.8 Å². The number of fused-ring (bicyclic) bond motifs is 1. The molecule has 0 amide bonds. The summed E-state index contributed by atoms with van der Waals surface area (Å²) in [6, 6.07) is 0. The molecule has 24 heavy (non-hydrogen) atoms. The van der Waals surface area contributed by atoms with E-state index in [1.807, 2.05) is 0 Å². The number of ether oxygens (including phenoxy) is 1. The molecule has 2 aromatic rings. The Bertz CT molecular complexity index is 946. The van der Waals surface area contributed by atoms with Gasteiger partial charge in [0.05, 0.1) is 6.61 Å². The topological polar surface area (TPSA) is 194 Å². The summed E-state index contributed by atoms with van der Waals surface area (Å²) in [7, 11) is -4.70. The van der Waals surface area contributed by atoms with Crippen molar-refractivity contribution in [2.24, 2.45) is 0 Å². The lowest BCUT2D eigenvalue weighted by Gasteiger charge is -2.17. The number of aliphatic hydroxyl groups is 3. The van der Waals surface area contributed by atoms with Gasteiger partial charge in [-0.2, -0.15) is 0 Å². The molecule has 1 saturated heterocycles. The van der Waals surface area contributed by atoms with Crippen LogP contribution in [0.2, 0.25) is 0 Å². The molecule has 0 radical (unpaired) electrons. The van der Waals surface area contributed by atoms with E-state index in [1.54, 1.807) is 0 Å². The first-order valence-electron chi connectivity index (χ1n) is 6.58. The van der Waals surface area contributed by atoms with Crippen LogP contribution in [-0.2, 0) is 9.30 Å². The highest BCUT2D eigenvalue weighted by Gasteiger charge is 2.44. The van der Waals surface area contributed by atoms with Crippen molar-refractivity contribution in [2.75, 3.05) is 6.61 Å². The molecule has 1 fully saturated rings. The lowest BCUT2D eigenvalue weighted by molar-refractivity contribution is -0.0553. The fourth-order valence-corrected chi connectivity index (χ4v) is 3.26. The van der Waals surface area contributed by atoms with Gasteiger partial charge in [0.15, 0.2) is 11.9 Å². The number of aromatic nitrogens is 4. The number of hydrogen-bond acceptors (Lipinski definition) is 8. The van der Waals surface area contributed by atoms with Gasteiger partial charge in [0.25, 0.3) is 0 Å². The molecule has 2 aromatic heterocycles. The van der Waals surface area contributed by atoms with Crippen molar-refractivity contribution in [3.8, 4) is 0 Å². The molecular formula is C10H13N4O8PS. The molecule has 3 rings (SSSR count). The molecule has 0 spiro atoms. The summed E-state index contributed by atoms with van der Waals surface area (Å²) in [5, 5.41) is 28.9. The van der Waals surface area contributed by atoms with E-state index in [0.29, 0.717) is 0 Å². The summed E-state index contributed by atoms with van der Waals surface area (Å²) in [5.74, 6) is 0. The molecule has 132 valence electrons. The number of imidazole rings is 1. The van der Waals surface area contributed by atoms with Gasteiger partial charge in [0, 0.05) is 0 Å². The SMILES string of the molecule is O=c1[nH]c2nc(P(=O)(O)O)[nH]c2c(=S)n1C1O[C@H](CO)[C@@H](O)[C@H]1O. The van der Waals surface area contributed by atoms with Crippen molar-refractivity contribution in [1.82, 2.24) is 19.5 Å². The fraction of sp³-hybridized carbons (Fsp3) is 0.500. The number of H-pyrrole nitrogens is 2. The third-order valence-electron chi connectivity index (χ3n) is 3.62. The molecule has 0 aliphatic carbocycles. The van der Waals surface area contributed by atoms with E-state index in [9.17, 15) is 19.6 Å². The smallest absolute Gasteiger partial charge is 0.391 e. The number of nitrogens with zero attached hydrogens (tertiary/aromatic N) is 2. The molecule has 1 aliphatic heterocycles. The minimum Gasteiger partial charge on any atom is -0.394 e. The minimum absolute atomic E-state index is 0.0549. The largest absolute Gasteiger partial charge is 0.394 e. The third-order valence-corrected chi connectivity index (χ3v) is 4.78. The maximum atomic E-state index is 12.2. The lowest BCUT2D eigenvalue weighted by atomic mass is 10.1. The third kappa shape index (κ3) is 2.64. The molecule has 0 saturated carbocycles. The van der Waals surface area contributed by atoms with E-state index in [-0.39, 0.29) is 15.8 Å². The number of aromatic amines is 2. The molecule has 1 unspecified atom stereocenters. The fourth-order valence-electron chi connectivity index (χ4n) is 2.44. The summed E-state index contributed by atoms with van der Waals surface area (Å²) in [6.07, 6.45) is -5.49. The first kappa shape index (κ1) is 17.4. The second kappa shape index (κ2) is 5.82. The predicted octanol–water partition coefficient (Wildman–Crippen LogP) is -2.80. The Morgan fingerprint density at radius 1 is 1.29 bits per heavy atom. The summed E-state index contributed by atoms with van der Waals surface area (Å²) in [6.45, 7) is -0.589. The first-order valence-corrected chi connectivity index (χ1v) is 8.60. The normalized spacial score (nSPS) is 27.9. The van der Waals surface area contributed by atoms with Crippen molar-refractivity contribution in [3.05, 3.63) is 15.1 Å². The zero-order chi connectivity index (χ0) is 17.8. The van der Waals surface area contributed by atoms with Crippen molar-refractivity contribution in [2.45, 2.75) is 24.5 Å². The average molecular weight is 380 g/mol. The van der Waals surface area contributed by atoms with Crippen LogP contribution < -0.4 is 11.3 Å². The Labute approximate surface area is 137 Å². The Morgan fingerprint density at radius 3 is 2.50 bits per heavy atom. The van der Waals surface area contributed by atoms with E-state index in [1.165, 1.54) is 0 Å². The van der Waals surface area contributed by atoms with Crippen LogP contribution in [0, 0.1) is 4.64 Å². The number of rotatable bonds is 3. The molecule has 0 aromatic carbocycles. The maximum absolute atomic E-state index is 12.2. The van der Waals surface area contributed by atoms with Gasteiger partial charge in [-0.05, 0) is 0 Å². The standard InChI is InChI=1S/C10H13N4O8PS/c15-1-2-4(16)5(17)7(22-2)14-8(24)3-6(13-10(14)18)12-9(11-3)23(19,20)21/h2,4-5,7,15-17H,1H2,(H,11,12)(H,13,18)(H2,19,20,21)/t2-,4-,5-,7?/m1/s1. The molecule has 0 bridgehead atoms. The monoisotopic (exact) mass is 380 g/mol. The molecule has 1 aliphatic rings. The maximum Gasteiger partial charge on any atom is 0.391 e. The van der Waals surface area contributed by atoms with Crippen LogP contribution in [0.5, 0.6) is 0 Å². The summed E-state index contributed by atoms with van der Waals surface area (Å²) in [4.78, 5) is 38.6. The van der Waals surface area contributed by atoms with E-state index < -0.39 is 50.0 Å². The van der Waals surface area contributed by atoms with Crippen LogP contribution in [0.3, 0.4) is 0 Å². The van der Waals surface area contributed by atoms with E-state index in [4.69, 9.17) is 31.8 Å². The van der Waals surface area contributed by atoms with Gasteiger partial charge in [-0.15, -0.1) is 0 Å². The highest BCUT2D eigenvalue weighted by atomic mass is 32.1. The van der Waals surface area contributed by atoms with Gasteiger partial charge in [-0.25, -0.2) is 9.78 Å². The number of hydrogen-bond donors (Lipinski definition) is 7. The molecule has 14 heteroatoms. The van der Waals surface area contributed by atoms with Crippen molar-refractivity contribution < 1.29 is 34.4 Å². The summed E-state index contributed by atoms with van der Waals surface area (Å²) < 4.78 is 17.1. The predicted molar refractivity (Wildman–Crippen MR) is 80.2 cm³/mol. The zero-order valence-electron chi connectivity index (χ0n) is 11.7. The molecule has 4 atom stereocenters. The Hall–Kier alpha value is -1.44. The van der Waals surface area contributed by atoms with Crippen molar-refractivity contribution in [1.29, 1.82) is 0 Å². The van der Waals surface area contributed by atoms with Crippen molar-refractivity contribution >= 4 is 36.5 Å². The highest BCUT2D eigenvalue weighted by Crippen LogP contribution is 2.33. The van der Waals surface area contributed by atoms with E-state index in [2.05, 4.69) is 15.0 Å². The number of aliphatic hydroxyl groups excluding tert-OH is 3. The molecule has 3 heterocycles. The van der Waals surface area contributed by atoms with Gasteiger partial charge in [0.1, 0.15) is 28.5 Å². The van der Waals surface area contributed by atoms with Crippen LogP contribution in [0.25, 0.3) is 11.2 Å². The second-order valence-electron chi connectivity index (χ2n) is 5.16. The van der Waals surface area contributed by atoms with Crippen LogP contribution in [0.4, 0.5) is 0 Å². The highest BCUT2D eigenvalue weighted by molar-refractivity contribution is 7.71. The van der Waals surface area contributed by atoms with Crippen LogP contribution in [-0.4, -0.2) is 69.5 Å². The summed E-state index contributed by atoms with van der Waals surface area (Å²) in [5.41, 5.74) is -1.78. The van der Waals surface area contributed by atoms with Crippen molar-refractivity contribution in [3.63, 3.8) is 0 Å². The first-order chi connectivity index (χ1) is 11.1. The van der Waals surface area contributed by atoms with Crippen LogP contribution in [0.1, 0.15) is 6.23 Å². The van der Waals surface area contributed by atoms with Gasteiger partial charge in [-0.3, -0.25) is 14.1 Å². The van der Waals surface area contributed by atoms with Crippen LogP contribution in [0.15, 0.2) is 4.79 Å². The van der Waals surface area contributed by atoms with E-state index >= 15 is 0 Å². The zero-order valence-corrected chi connectivity index (χ0v) is 13.4. The van der Waals surface area contributed by atoms with E-state index in [0.717, 1.165) is 4.57 Å². The second-order valence-corrected chi connectivity index (χ2v) is 7.06. The molecule has 12 nitrogen and oxygen atoms in total. The molecular weight excluding hydrogens is 367 g/mol. The quantitative estimate of drug-likeness (QED) is 0.216. The lowest BCUT2D eigenvalue weighted by Crippen LogP contribution is -2.36. The average Bonchev–Trinajstić information content (AvgIpc) is 3.03. The van der Waals surface area contributed by atoms with Gasteiger partial charge in [-0.1, -0.05) is 12.2 Å². The molecule has 7 N–H and O–H groups in total. The minimum atomic E-state index is -4.70. The Balaban J connectivity index is 2.18. The van der Waals surface area contributed by atoms with Gasteiger partial charge >= 0.3 is 13.3 Å². The Morgan fingerprint density at radius 2 is 1.96 bits per heavy atom.